The molecular weight excluding hydrogens is 220 g/mol. The molecule has 0 aliphatic carbocycles. The zero-order valence-corrected chi connectivity index (χ0v) is 9.50. The molecule has 1 rings (SSSR count). The average molecular weight is 236 g/mol. The van der Waals surface area contributed by atoms with E-state index in [-0.39, 0.29) is 18.6 Å². The van der Waals surface area contributed by atoms with Gasteiger partial charge >= 0.3 is 5.97 Å². The largest absolute Gasteiger partial charge is 0.491 e. The van der Waals surface area contributed by atoms with Gasteiger partial charge in [-0.1, -0.05) is 24.8 Å². The number of hydrogen-bond donors (Lipinski definition) is 2. The van der Waals surface area contributed by atoms with Crippen LogP contribution in [0.15, 0.2) is 42.5 Å². The van der Waals surface area contributed by atoms with Crippen LogP contribution in [0, 0.1) is 0 Å². The minimum atomic E-state index is -1.03. The quantitative estimate of drug-likeness (QED) is 0.709. The van der Waals surface area contributed by atoms with Crippen molar-refractivity contribution in [2.45, 2.75) is 18.9 Å². The zero-order chi connectivity index (χ0) is 12.7. The molecule has 0 fully saturated rings. The summed E-state index contributed by atoms with van der Waals surface area (Å²) in [4.78, 5) is 10.5. The number of benzene rings is 1. The topological polar surface area (TPSA) is 66.8 Å². The Morgan fingerprint density at radius 2 is 2.00 bits per heavy atom. The molecule has 0 radical (unpaired) electrons. The van der Waals surface area contributed by atoms with Crippen LogP contribution in [-0.2, 0) is 4.79 Å². The van der Waals surface area contributed by atoms with Gasteiger partial charge in [-0.15, -0.1) is 0 Å². The van der Waals surface area contributed by atoms with Crippen LogP contribution in [0.5, 0.6) is 5.75 Å². The van der Waals surface area contributed by atoms with Gasteiger partial charge in [-0.05, 0) is 25.0 Å². The fraction of sp³-hybridized carbons (Fsp3) is 0.308. The van der Waals surface area contributed by atoms with E-state index in [4.69, 9.17) is 9.84 Å². The van der Waals surface area contributed by atoms with Crippen molar-refractivity contribution in [3.63, 3.8) is 0 Å². The van der Waals surface area contributed by atoms with Crippen LogP contribution in [0.1, 0.15) is 12.8 Å². The fourth-order valence-electron chi connectivity index (χ4n) is 1.24. The predicted molar refractivity (Wildman–Crippen MR) is 64.0 cm³/mol. The van der Waals surface area contributed by atoms with Crippen molar-refractivity contribution in [1.29, 1.82) is 0 Å². The summed E-state index contributed by atoms with van der Waals surface area (Å²) in [5, 5.41) is 18.2. The molecule has 0 aliphatic heterocycles. The van der Waals surface area contributed by atoms with Gasteiger partial charge in [-0.25, -0.2) is 4.79 Å². The second-order valence-corrected chi connectivity index (χ2v) is 3.73. The normalized spacial score (nSPS) is 11.8. The molecular formula is C13H16O4. The Hall–Kier alpha value is -1.81. The number of rotatable bonds is 7. The fourth-order valence-corrected chi connectivity index (χ4v) is 1.24. The first kappa shape index (κ1) is 13.3. The Kier molecular flexibility index (Phi) is 5.23. The number of carbonyl (C=O) groups is 1. The summed E-state index contributed by atoms with van der Waals surface area (Å²) in [6, 6.07) is 9.15. The van der Waals surface area contributed by atoms with Gasteiger partial charge in [0.25, 0.3) is 0 Å². The first-order chi connectivity index (χ1) is 8.09. The third-order valence-electron chi connectivity index (χ3n) is 2.27. The molecule has 1 aromatic carbocycles. The maximum Gasteiger partial charge on any atom is 0.330 e. The van der Waals surface area contributed by atoms with Crippen molar-refractivity contribution in [1.82, 2.24) is 0 Å². The van der Waals surface area contributed by atoms with Crippen LogP contribution in [0.2, 0.25) is 0 Å². The number of hydrogen-bond acceptors (Lipinski definition) is 3. The molecule has 0 saturated carbocycles. The van der Waals surface area contributed by atoms with E-state index in [0.717, 1.165) is 0 Å². The monoisotopic (exact) mass is 236 g/mol. The molecule has 1 unspecified atom stereocenters. The third kappa shape index (κ3) is 5.17. The Bertz CT molecular complexity index is 372. The molecule has 0 amide bonds. The predicted octanol–water partition coefficient (Wildman–Crippen LogP) is 1.85. The van der Waals surface area contributed by atoms with Crippen LogP contribution in [0.4, 0.5) is 0 Å². The van der Waals surface area contributed by atoms with E-state index in [1.165, 1.54) is 0 Å². The molecule has 1 aromatic rings. The summed E-state index contributed by atoms with van der Waals surface area (Å²) in [6.45, 7) is 3.54. The summed E-state index contributed by atoms with van der Waals surface area (Å²) < 4.78 is 5.33. The van der Waals surface area contributed by atoms with Gasteiger partial charge < -0.3 is 14.9 Å². The van der Waals surface area contributed by atoms with Gasteiger partial charge in [0.15, 0.2) is 0 Å². The van der Waals surface area contributed by atoms with Crippen LogP contribution in [-0.4, -0.2) is 28.9 Å². The molecule has 0 spiro atoms. The van der Waals surface area contributed by atoms with E-state index in [9.17, 15) is 9.90 Å². The van der Waals surface area contributed by atoms with E-state index in [0.29, 0.717) is 12.2 Å². The summed E-state index contributed by atoms with van der Waals surface area (Å²) in [5.41, 5.74) is 0.101. The lowest BCUT2D eigenvalue weighted by atomic mass is 10.1. The molecule has 2 N–H and O–H groups in total. The van der Waals surface area contributed by atoms with Crippen molar-refractivity contribution in [3.8, 4) is 5.75 Å². The number of carboxylic acids is 1. The van der Waals surface area contributed by atoms with Crippen molar-refractivity contribution < 1.29 is 19.7 Å². The van der Waals surface area contributed by atoms with Crippen molar-refractivity contribution in [2.75, 3.05) is 6.61 Å². The molecule has 0 bridgehead atoms. The van der Waals surface area contributed by atoms with Gasteiger partial charge in [0, 0.05) is 5.57 Å². The summed E-state index contributed by atoms with van der Waals surface area (Å²) in [6.07, 6.45) is -0.0987. The van der Waals surface area contributed by atoms with E-state index in [1.807, 2.05) is 18.2 Å². The number of para-hydroxylation sites is 1. The average Bonchev–Trinajstić information content (AvgIpc) is 2.34. The van der Waals surface area contributed by atoms with E-state index in [2.05, 4.69) is 6.58 Å². The van der Waals surface area contributed by atoms with Crippen LogP contribution in [0.3, 0.4) is 0 Å². The second-order valence-electron chi connectivity index (χ2n) is 3.73. The minimum Gasteiger partial charge on any atom is -0.491 e. The maximum atomic E-state index is 10.5. The molecule has 0 aliphatic rings. The smallest absolute Gasteiger partial charge is 0.330 e. The van der Waals surface area contributed by atoms with Crippen LogP contribution < -0.4 is 4.74 Å². The highest BCUT2D eigenvalue weighted by Gasteiger charge is 2.09. The number of ether oxygens (including phenoxy) is 1. The van der Waals surface area contributed by atoms with Crippen molar-refractivity contribution in [2.24, 2.45) is 0 Å². The lowest BCUT2D eigenvalue weighted by Crippen LogP contribution is -2.18. The Morgan fingerprint density at radius 1 is 1.35 bits per heavy atom. The van der Waals surface area contributed by atoms with E-state index >= 15 is 0 Å². The van der Waals surface area contributed by atoms with Gasteiger partial charge in [0.1, 0.15) is 12.4 Å². The van der Waals surface area contributed by atoms with E-state index < -0.39 is 12.1 Å². The lowest BCUT2D eigenvalue weighted by Gasteiger charge is -2.12. The molecule has 0 aromatic heterocycles. The maximum absolute atomic E-state index is 10.5. The van der Waals surface area contributed by atoms with Gasteiger partial charge in [0.2, 0.25) is 0 Å². The number of aliphatic carboxylic acids is 1. The highest BCUT2D eigenvalue weighted by atomic mass is 16.5. The van der Waals surface area contributed by atoms with E-state index in [1.54, 1.807) is 12.1 Å². The Morgan fingerprint density at radius 3 is 2.59 bits per heavy atom. The van der Waals surface area contributed by atoms with Crippen LogP contribution >= 0.6 is 0 Å². The summed E-state index contributed by atoms with van der Waals surface area (Å²) in [7, 11) is 0. The molecule has 92 valence electrons. The number of aliphatic hydroxyl groups is 1. The lowest BCUT2D eigenvalue weighted by molar-refractivity contribution is -0.132. The molecule has 0 saturated heterocycles. The molecule has 0 heterocycles. The Labute approximate surface area is 100 Å². The molecule has 4 nitrogen and oxygen atoms in total. The zero-order valence-electron chi connectivity index (χ0n) is 9.50. The minimum absolute atomic E-state index is 0.101. The number of carboxylic acid groups (broad SMARTS) is 1. The van der Waals surface area contributed by atoms with Gasteiger partial charge in [0.05, 0.1) is 6.10 Å². The second kappa shape index (κ2) is 6.70. The first-order valence-corrected chi connectivity index (χ1v) is 5.36. The highest BCUT2D eigenvalue weighted by Crippen LogP contribution is 2.11. The van der Waals surface area contributed by atoms with Crippen LogP contribution in [0.25, 0.3) is 0 Å². The SMILES string of the molecule is C=C(CCC(O)COc1ccccc1)C(=O)O. The number of aliphatic hydroxyl groups excluding tert-OH is 1. The summed E-state index contributed by atoms with van der Waals surface area (Å²) >= 11 is 0. The van der Waals surface area contributed by atoms with Gasteiger partial charge in [-0.3, -0.25) is 0 Å². The van der Waals surface area contributed by atoms with Crippen molar-refractivity contribution in [3.05, 3.63) is 42.5 Å². The molecule has 17 heavy (non-hydrogen) atoms. The van der Waals surface area contributed by atoms with Crippen molar-refractivity contribution >= 4 is 5.97 Å². The third-order valence-corrected chi connectivity index (χ3v) is 2.27. The Balaban J connectivity index is 2.24. The standard InChI is InChI=1S/C13H16O4/c1-10(13(15)16)7-8-11(14)9-17-12-5-3-2-4-6-12/h2-6,11,14H,1,7-9H2,(H,15,16). The molecule has 1 atom stereocenters. The summed E-state index contributed by atoms with van der Waals surface area (Å²) in [5.74, 6) is -0.343. The highest BCUT2D eigenvalue weighted by molar-refractivity contribution is 5.85. The first-order valence-electron chi connectivity index (χ1n) is 5.36. The van der Waals surface area contributed by atoms with Gasteiger partial charge in [-0.2, -0.15) is 0 Å². The molecule has 4 heteroatoms.